The summed E-state index contributed by atoms with van der Waals surface area (Å²) in [5.41, 5.74) is -0.0612. The second-order valence-corrected chi connectivity index (χ2v) is 4.94. The summed E-state index contributed by atoms with van der Waals surface area (Å²) in [5, 5.41) is 1.61. The van der Waals surface area contributed by atoms with Crippen molar-refractivity contribution in [1.29, 1.82) is 0 Å². The van der Waals surface area contributed by atoms with Gasteiger partial charge in [0.15, 0.2) is 0 Å². The number of aromatic nitrogens is 1. The van der Waals surface area contributed by atoms with E-state index in [1.54, 1.807) is 13.3 Å². The van der Waals surface area contributed by atoms with E-state index in [1.165, 1.54) is 0 Å². The normalized spacial score (nSPS) is 10.5. The van der Waals surface area contributed by atoms with Crippen LogP contribution in [0.1, 0.15) is 0 Å². The van der Waals surface area contributed by atoms with Crippen LogP contribution in [0.25, 0.3) is 10.8 Å². The number of rotatable bonds is 2. The topological polar surface area (TPSA) is 42.1 Å². The summed E-state index contributed by atoms with van der Waals surface area (Å²) < 4.78 is 10.2. The Balaban J connectivity index is 2.87. The molecule has 0 bridgehead atoms. The highest BCUT2D eigenvalue weighted by Gasteiger charge is 2.05. The molecule has 0 saturated heterocycles. The molecule has 4 heteroatoms. The number of aromatic amines is 1. The molecular formula is C11H10INO2. The highest BCUT2D eigenvalue weighted by atomic mass is 127. The summed E-state index contributed by atoms with van der Waals surface area (Å²) in [4.78, 5) is 14.2. The lowest BCUT2D eigenvalue weighted by Gasteiger charge is -2.05. The molecule has 0 aliphatic heterocycles. The molecule has 0 fully saturated rings. The van der Waals surface area contributed by atoms with Gasteiger partial charge in [-0.2, -0.15) is 0 Å². The molecule has 0 radical (unpaired) electrons. The molecule has 78 valence electrons. The molecule has 2 rings (SSSR count). The average Bonchev–Trinajstić information content (AvgIpc) is 2.28. The Morgan fingerprint density at radius 1 is 1.47 bits per heavy atom. The van der Waals surface area contributed by atoms with Crippen LogP contribution >= 0.6 is 20.7 Å². The maximum absolute atomic E-state index is 11.5. The maximum atomic E-state index is 11.5. The minimum Gasteiger partial charge on any atom is -0.496 e. The Kier molecular flexibility index (Phi) is 2.86. The summed E-state index contributed by atoms with van der Waals surface area (Å²) >= 11 is -0.334. The van der Waals surface area contributed by atoms with Crippen molar-refractivity contribution in [2.75, 3.05) is 7.11 Å². The van der Waals surface area contributed by atoms with E-state index in [4.69, 9.17) is 4.74 Å². The summed E-state index contributed by atoms with van der Waals surface area (Å²) in [7, 11) is 1.64. The van der Waals surface area contributed by atoms with Crippen molar-refractivity contribution in [3.8, 4) is 5.75 Å². The lowest BCUT2D eigenvalue weighted by Crippen LogP contribution is -2.04. The fraction of sp³-hybridized carbons (Fsp3) is 0.0909. The molecule has 0 aliphatic carbocycles. The third-order valence-corrected chi connectivity index (χ3v) is 3.85. The van der Waals surface area contributed by atoms with Crippen molar-refractivity contribution in [2.24, 2.45) is 0 Å². The van der Waals surface area contributed by atoms with Gasteiger partial charge in [0.05, 0.1) is 10.7 Å². The van der Waals surface area contributed by atoms with E-state index in [0.29, 0.717) is 5.39 Å². The summed E-state index contributed by atoms with van der Waals surface area (Å²) in [6.45, 7) is 0. The monoisotopic (exact) mass is 315 g/mol. The molecule has 1 N–H and O–H groups in total. The standard InChI is InChI=1S/C11H10INO2/c1-12-9-6-8-7(5-10(9)15-2)3-4-13-11(8)14/h3-6H,1H2,2H3,(H,13,14). The van der Waals surface area contributed by atoms with Crippen LogP contribution < -0.4 is 10.3 Å². The van der Waals surface area contributed by atoms with Gasteiger partial charge in [-0.1, -0.05) is 25.2 Å². The van der Waals surface area contributed by atoms with Crippen molar-refractivity contribution in [3.05, 3.63) is 38.3 Å². The van der Waals surface area contributed by atoms with Gasteiger partial charge in [0.1, 0.15) is 5.75 Å². The largest absolute Gasteiger partial charge is 0.496 e. The number of benzene rings is 1. The van der Waals surface area contributed by atoms with Crippen molar-refractivity contribution in [1.82, 2.24) is 4.98 Å². The molecule has 0 amide bonds. The Morgan fingerprint density at radius 2 is 2.27 bits per heavy atom. The number of ether oxygens (including phenoxy) is 1. The van der Waals surface area contributed by atoms with E-state index in [2.05, 4.69) is 9.50 Å². The van der Waals surface area contributed by atoms with Crippen molar-refractivity contribution in [3.63, 3.8) is 0 Å². The SMILES string of the molecule is C=Ic1cc2c(=O)[nH]ccc2cc1OC. The number of nitrogens with one attached hydrogen (secondary N) is 1. The van der Waals surface area contributed by atoms with Gasteiger partial charge < -0.3 is 9.72 Å². The fourth-order valence-electron chi connectivity index (χ4n) is 1.45. The van der Waals surface area contributed by atoms with Crippen LogP contribution in [0.3, 0.4) is 0 Å². The third kappa shape index (κ3) is 1.81. The second kappa shape index (κ2) is 4.14. The van der Waals surface area contributed by atoms with E-state index >= 15 is 0 Å². The van der Waals surface area contributed by atoms with E-state index in [1.807, 2.05) is 18.2 Å². The van der Waals surface area contributed by atoms with Crippen molar-refractivity contribution in [2.45, 2.75) is 0 Å². The molecule has 15 heavy (non-hydrogen) atoms. The van der Waals surface area contributed by atoms with Crippen LogP contribution in [0.2, 0.25) is 0 Å². The zero-order valence-electron chi connectivity index (χ0n) is 8.21. The Bertz CT molecular complexity index is 574. The number of methoxy groups -OCH3 is 1. The molecule has 3 nitrogen and oxygen atoms in total. The van der Waals surface area contributed by atoms with Gasteiger partial charge in [-0.25, -0.2) is 0 Å². The average molecular weight is 315 g/mol. The minimum atomic E-state index is -0.334. The number of fused-ring (bicyclic) bond motifs is 1. The molecule has 1 aromatic carbocycles. The number of hydrogen-bond acceptors (Lipinski definition) is 2. The van der Waals surface area contributed by atoms with Crippen molar-refractivity contribution < 1.29 is 4.74 Å². The van der Waals surface area contributed by atoms with Gasteiger partial charge in [-0.15, -0.1) is 0 Å². The fourth-order valence-corrected chi connectivity index (χ4v) is 2.73. The van der Waals surface area contributed by atoms with Gasteiger partial charge >= 0.3 is 0 Å². The van der Waals surface area contributed by atoms with E-state index in [0.717, 1.165) is 14.7 Å². The second-order valence-electron chi connectivity index (χ2n) is 3.01. The molecule has 0 saturated carbocycles. The van der Waals surface area contributed by atoms with Crippen LogP contribution in [0.5, 0.6) is 5.75 Å². The maximum Gasteiger partial charge on any atom is 0.255 e. The van der Waals surface area contributed by atoms with E-state index in [9.17, 15) is 4.79 Å². The molecular weight excluding hydrogens is 305 g/mol. The number of H-pyrrole nitrogens is 1. The minimum absolute atomic E-state index is 0.0612. The first-order chi connectivity index (χ1) is 7.26. The molecule has 1 heterocycles. The van der Waals surface area contributed by atoms with Gasteiger partial charge in [0.2, 0.25) is 0 Å². The van der Waals surface area contributed by atoms with Gasteiger partial charge in [0.25, 0.3) is 5.56 Å². The lowest BCUT2D eigenvalue weighted by molar-refractivity contribution is 0.412. The highest BCUT2D eigenvalue weighted by molar-refractivity contribution is 14.2. The zero-order chi connectivity index (χ0) is 10.8. The smallest absolute Gasteiger partial charge is 0.255 e. The zero-order valence-corrected chi connectivity index (χ0v) is 10.4. The van der Waals surface area contributed by atoms with Crippen LogP contribution in [0, 0.1) is 3.57 Å². The van der Waals surface area contributed by atoms with E-state index in [-0.39, 0.29) is 26.3 Å². The predicted octanol–water partition coefficient (Wildman–Crippen LogP) is 2.11. The van der Waals surface area contributed by atoms with Crippen LogP contribution in [-0.2, 0) is 0 Å². The highest BCUT2D eigenvalue weighted by Crippen LogP contribution is 2.27. The molecule has 0 atom stereocenters. The van der Waals surface area contributed by atoms with Crippen LogP contribution in [-0.4, -0.2) is 16.6 Å². The lowest BCUT2D eigenvalue weighted by atomic mass is 10.2. The van der Waals surface area contributed by atoms with Gasteiger partial charge in [0, 0.05) is 11.6 Å². The first kappa shape index (κ1) is 10.4. The molecule has 0 spiro atoms. The van der Waals surface area contributed by atoms with Crippen molar-refractivity contribution >= 4 is 36.0 Å². The number of pyridine rings is 1. The molecule has 2 aromatic rings. The number of halogens is 1. The third-order valence-electron chi connectivity index (χ3n) is 2.19. The summed E-state index contributed by atoms with van der Waals surface area (Å²) in [6.07, 6.45) is 1.64. The van der Waals surface area contributed by atoms with Crippen LogP contribution in [0.4, 0.5) is 0 Å². The summed E-state index contributed by atoms with van der Waals surface area (Å²) in [5.74, 6) is 0.830. The number of hydrogen-bond donors (Lipinski definition) is 1. The predicted molar refractivity (Wildman–Crippen MR) is 71.0 cm³/mol. The van der Waals surface area contributed by atoms with Gasteiger partial charge in [-0.05, 0) is 23.6 Å². The Hall–Kier alpha value is -1.17. The molecule has 0 unspecified atom stereocenters. The summed E-state index contributed by atoms with van der Waals surface area (Å²) in [6, 6.07) is 5.64. The molecule has 1 aromatic heterocycles. The van der Waals surface area contributed by atoms with E-state index < -0.39 is 0 Å². The first-order valence-electron chi connectivity index (χ1n) is 4.34. The van der Waals surface area contributed by atoms with Crippen LogP contribution in [0.15, 0.2) is 29.2 Å². The van der Waals surface area contributed by atoms with Gasteiger partial charge in [-0.3, -0.25) is 4.79 Å². The quantitative estimate of drug-likeness (QED) is 0.863. The first-order valence-corrected chi connectivity index (χ1v) is 6.94. The molecule has 0 aliphatic rings. The Labute approximate surface area is 96.8 Å². The Morgan fingerprint density at radius 3 is 2.93 bits per heavy atom.